The summed E-state index contributed by atoms with van der Waals surface area (Å²) in [5, 5.41) is 2.93. The van der Waals surface area contributed by atoms with Crippen molar-refractivity contribution in [3.63, 3.8) is 0 Å². The molecule has 1 heterocycles. The van der Waals surface area contributed by atoms with E-state index in [4.69, 9.17) is 0 Å². The van der Waals surface area contributed by atoms with Crippen LogP contribution in [0.1, 0.15) is 25.0 Å². The Kier molecular flexibility index (Phi) is 7.16. The third-order valence-electron chi connectivity index (χ3n) is 4.56. The first-order valence-corrected chi connectivity index (χ1v) is 10.5. The highest BCUT2D eigenvalue weighted by atomic mass is 32.2. The fourth-order valence-electron chi connectivity index (χ4n) is 3.28. The summed E-state index contributed by atoms with van der Waals surface area (Å²) in [4.78, 5) is 14.3. The molecule has 0 spiro atoms. The third kappa shape index (κ3) is 5.26. The maximum Gasteiger partial charge on any atom is 0.282 e. The Morgan fingerprint density at radius 3 is 2.08 bits per heavy atom. The van der Waals surface area contributed by atoms with Gasteiger partial charge in [-0.3, -0.25) is 9.69 Å². The van der Waals surface area contributed by atoms with Crippen LogP contribution >= 0.6 is 0 Å². The summed E-state index contributed by atoms with van der Waals surface area (Å²) < 4.78 is 28.1. The van der Waals surface area contributed by atoms with E-state index < -0.39 is 10.2 Å². The average molecular weight is 383 g/mol. The highest BCUT2D eigenvalue weighted by molar-refractivity contribution is 7.86. The zero-order valence-corrected chi connectivity index (χ0v) is 17.0. The van der Waals surface area contributed by atoms with Crippen molar-refractivity contribution in [3.05, 3.63) is 29.3 Å². The van der Waals surface area contributed by atoms with Crippen LogP contribution in [0.15, 0.2) is 18.2 Å². The zero-order chi connectivity index (χ0) is 19.3. The number of nitrogens with one attached hydrogen (secondary N) is 1. The molecule has 1 aliphatic heterocycles. The van der Waals surface area contributed by atoms with Gasteiger partial charge in [0.1, 0.15) is 0 Å². The van der Waals surface area contributed by atoms with Gasteiger partial charge in [-0.25, -0.2) is 0 Å². The van der Waals surface area contributed by atoms with Crippen molar-refractivity contribution < 1.29 is 13.2 Å². The Bertz CT molecular complexity index is 704. The van der Waals surface area contributed by atoms with Crippen LogP contribution in [0.4, 0.5) is 5.69 Å². The van der Waals surface area contributed by atoms with E-state index in [1.165, 1.54) is 8.61 Å². The number of aryl methyl sites for hydroxylation is 2. The minimum Gasteiger partial charge on any atom is -0.325 e. The molecular weight excluding hydrogens is 352 g/mol. The van der Waals surface area contributed by atoms with Crippen molar-refractivity contribution >= 4 is 21.8 Å². The molecule has 0 saturated carbocycles. The standard InChI is InChI=1S/C18H30N4O3S/c1-5-21(6-2)26(24,25)22-9-7-20(8-10-22)14-18(23)19-17-12-15(3)11-16(4)13-17/h11-13H,5-10,14H2,1-4H3,(H,19,23). The fourth-order valence-corrected chi connectivity index (χ4v) is 4.89. The topological polar surface area (TPSA) is 73.0 Å². The van der Waals surface area contributed by atoms with Crippen LogP contribution in [0.25, 0.3) is 0 Å². The van der Waals surface area contributed by atoms with E-state index in [-0.39, 0.29) is 12.5 Å². The van der Waals surface area contributed by atoms with E-state index >= 15 is 0 Å². The van der Waals surface area contributed by atoms with Gasteiger partial charge in [0.15, 0.2) is 0 Å². The van der Waals surface area contributed by atoms with E-state index in [0.717, 1.165) is 16.8 Å². The summed E-state index contributed by atoms with van der Waals surface area (Å²) >= 11 is 0. The normalized spacial score (nSPS) is 16.8. The molecule has 1 aliphatic rings. The summed E-state index contributed by atoms with van der Waals surface area (Å²) in [5.41, 5.74) is 3.02. The van der Waals surface area contributed by atoms with Crippen molar-refractivity contribution in [3.8, 4) is 0 Å². The highest BCUT2D eigenvalue weighted by Gasteiger charge is 2.31. The molecule has 0 atom stereocenters. The number of benzene rings is 1. The van der Waals surface area contributed by atoms with Crippen molar-refractivity contribution in [2.45, 2.75) is 27.7 Å². The van der Waals surface area contributed by atoms with E-state index in [1.807, 2.05) is 44.7 Å². The van der Waals surface area contributed by atoms with Gasteiger partial charge in [0.05, 0.1) is 6.54 Å². The molecule has 1 saturated heterocycles. The zero-order valence-electron chi connectivity index (χ0n) is 16.2. The Hall–Kier alpha value is -1.48. The first-order chi connectivity index (χ1) is 12.3. The second-order valence-electron chi connectivity index (χ2n) is 6.69. The lowest BCUT2D eigenvalue weighted by Crippen LogP contribution is -2.54. The number of anilines is 1. The maximum atomic E-state index is 12.5. The van der Waals surface area contributed by atoms with Crippen LogP contribution < -0.4 is 5.32 Å². The second-order valence-corrected chi connectivity index (χ2v) is 8.62. The van der Waals surface area contributed by atoms with Crippen molar-refractivity contribution in [1.82, 2.24) is 13.5 Å². The lowest BCUT2D eigenvalue weighted by Gasteiger charge is -2.35. The van der Waals surface area contributed by atoms with Gasteiger partial charge in [0, 0.05) is 45.0 Å². The van der Waals surface area contributed by atoms with Crippen LogP contribution in [0.2, 0.25) is 0 Å². The number of nitrogens with zero attached hydrogens (tertiary/aromatic N) is 3. The van der Waals surface area contributed by atoms with Gasteiger partial charge in [0.2, 0.25) is 5.91 Å². The monoisotopic (exact) mass is 382 g/mol. The van der Waals surface area contributed by atoms with E-state index in [9.17, 15) is 13.2 Å². The highest BCUT2D eigenvalue weighted by Crippen LogP contribution is 2.15. The van der Waals surface area contributed by atoms with Gasteiger partial charge in [0.25, 0.3) is 10.2 Å². The maximum absolute atomic E-state index is 12.5. The predicted octanol–water partition coefficient (Wildman–Crippen LogP) is 1.45. The molecule has 146 valence electrons. The van der Waals surface area contributed by atoms with E-state index in [2.05, 4.69) is 11.4 Å². The molecule has 0 aromatic heterocycles. The number of rotatable bonds is 7. The van der Waals surface area contributed by atoms with Crippen LogP contribution in [0.3, 0.4) is 0 Å². The summed E-state index contributed by atoms with van der Waals surface area (Å²) in [7, 11) is -3.39. The summed E-state index contributed by atoms with van der Waals surface area (Å²) in [6, 6.07) is 5.95. The van der Waals surface area contributed by atoms with Gasteiger partial charge in [-0.2, -0.15) is 17.0 Å². The first kappa shape index (κ1) is 20.8. The molecule has 0 unspecified atom stereocenters. The minimum absolute atomic E-state index is 0.0740. The molecule has 7 nitrogen and oxygen atoms in total. The molecule has 26 heavy (non-hydrogen) atoms. The van der Waals surface area contributed by atoms with Crippen LogP contribution in [0, 0.1) is 13.8 Å². The summed E-state index contributed by atoms with van der Waals surface area (Å²) in [5.74, 6) is -0.0740. The van der Waals surface area contributed by atoms with Crippen LogP contribution in [-0.4, -0.2) is 73.6 Å². The van der Waals surface area contributed by atoms with Gasteiger partial charge < -0.3 is 5.32 Å². The molecule has 2 rings (SSSR count). The SMILES string of the molecule is CCN(CC)S(=O)(=O)N1CCN(CC(=O)Nc2cc(C)cc(C)c2)CC1. The molecule has 1 aromatic carbocycles. The number of carbonyl (C=O) groups is 1. The quantitative estimate of drug-likeness (QED) is 0.775. The number of hydrogen-bond donors (Lipinski definition) is 1. The Morgan fingerprint density at radius 1 is 1.04 bits per heavy atom. The number of amides is 1. The molecule has 1 aromatic rings. The second kappa shape index (κ2) is 8.94. The fraction of sp³-hybridized carbons (Fsp3) is 0.611. The lowest BCUT2D eigenvalue weighted by molar-refractivity contribution is -0.117. The number of hydrogen-bond acceptors (Lipinski definition) is 4. The Balaban J connectivity index is 1.87. The molecular formula is C18H30N4O3S. The van der Waals surface area contributed by atoms with E-state index in [1.54, 1.807) is 0 Å². The largest absolute Gasteiger partial charge is 0.325 e. The lowest BCUT2D eigenvalue weighted by atomic mass is 10.1. The Labute approximate surface area is 157 Å². The molecule has 0 aliphatic carbocycles. The average Bonchev–Trinajstić information content (AvgIpc) is 2.55. The summed E-state index contributed by atoms with van der Waals surface area (Å²) in [6.07, 6.45) is 0. The first-order valence-electron chi connectivity index (χ1n) is 9.12. The number of carbonyl (C=O) groups excluding carboxylic acids is 1. The molecule has 0 radical (unpaired) electrons. The molecule has 1 amide bonds. The molecule has 8 heteroatoms. The van der Waals surface area contributed by atoms with Crippen molar-refractivity contribution in [2.24, 2.45) is 0 Å². The van der Waals surface area contributed by atoms with Gasteiger partial charge in [-0.05, 0) is 37.1 Å². The van der Waals surface area contributed by atoms with Gasteiger partial charge >= 0.3 is 0 Å². The van der Waals surface area contributed by atoms with Gasteiger partial charge in [-0.1, -0.05) is 19.9 Å². The smallest absolute Gasteiger partial charge is 0.282 e. The van der Waals surface area contributed by atoms with Crippen LogP contribution in [0.5, 0.6) is 0 Å². The number of piperazine rings is 1. The van der Waals surface area contributed by atoms with E-state index in [0.29, 0.717) is 39.3 Å². The molecule has 1 N–H and O–H groups in total. The van der Waals surface area contributed by atoms with Crippen LogP contribution in [-0.2, 0) is 15.0 Å². The van der Waals surface area contributed by atoms with Gasteiger partial charge in [-0.15, -0.1) is 0 Å². The molecule has 0 bridgehead atoms. The van der Waals surface area contributed by atoms with Crippen molar-refractivity contribution in [1.29, 1.82) is 0 Å². The predicted molar refractivity (Wildman–Crippen MR) is 104 cm³/mol. The molecule has 1 fully saturated rings. The third-order valence-corrected chi connectivity index (χ3v) is 6.75. The Morgan fingerprint density at radius 2 is 1.58 bits per heavy atom. The minimum atomic E-state index is -3.39. The van der Waals surface area contributed by atoms with Crippen molar-refractivity contribution in [2.75, 3.05) is 51.1 Å². The summed E-state index contributed by atoms with van der Waals surface area (Å²) in [6.45, 7) is 10.8.